The lowest BCUT2D eigenvalue weighted by Crippen LogP contribution is -1.95. The number of nitrogens with zero attached hydrogens (tertiary/aromatic N) is 3. The number of nitro benzene ring substituents is 2. The number of Topliss-reactive ketones (excluding diaryl/α,β-unsaturated/α-hetero) is 1. The molecule has 0 aliphatic heterocycles. The van der Waals surface area contributed by atoms with E-state index in [-0.39, 0.29) is 22.1 Å². The number of allylic oxidation sites excluding steroid dienone is 1. The fourth-order valence-corrected chi connectivity index (χ4v) is 3.83. The Balaban J connectivity index is 0.000000151. The number of ketones is 1. The van der Waals surface area contributed by atoms with Crippen molar-refractivity contribution >= 4 is 22.7 Å². The van der Waals surface area contributed by atoms with Crippen molar-refractivity contribution in [2.24, 2.45) is 0 Å². The van der Waals surface area contributed by atoms with Gasteiger partial charge in [-0.25, -0.2) is 4.98 Å². The van der Waals surface area contributed by atoms with Crippen LogP contribution in [0.2, 0.25) is 0 Å². The van der Waals surface area contributed by atoms with Crippen LogP contribution in [-0.2, 0) is 12.8 Å². The molecule has 5 rings (SSSR count). The molecule has 0 unspecified atom stereocenters. The fraction of sp³-hybridized carbons (Fsp3) is 0.143. The molecule has 150 valence electrons. The van der Waals surface area contributed by atoms with Crippen molar-refractivity contribution in [3.05, 3.63) is 103 Å². The van der Waals surface area contributed by atoms with Crippen LogP contribution in [0.3, 0.4) is 0 Å². The Kier molecular flexibility index (Phi) is 4.93. The van der Waals surface area contributed by atoms with Gasteiger partial charge in [0.25, 0.3) is 11.4 Å². The summed E-state index contributed by atoms with van der Waals surface area (Å²) >= 11 is 0. The van der Waals surface area contributed by atoms with Crippen LogP contribution in [0.5, 0.6) is 0 Å². The van der Waals surface area contributed by atoms with E-state index in [1.165, 1.54) is 6.07 Å². The summed E-state index contributed by atoms with van der Waals surface area (Å²) in [4.78, 5) is 38.9. The SMILES string of the molecule is O=C1CCc2c1cccc2[N+](=O)[O-].O=[N+]([O-])c1cccc2c1CC=C2c1cnc[nH]1. The van der Waals surface area contributed by atoms with E-state index in [0.717, 1.165) is 22.4 Å². The summed E-state index contributed by atoms with van der Waals surface area (Å²) in [5.41, 5.74) is 4.96. The summed E-state index contributed by atoms with van der Waals surface area (Å²) in [6, 6.07) is 9.81. The number of benzene rings is 2. The Hall–Kier alpha value is -4.14. The Labute approximate surface area is 170 Å². The lowest BCUT2D eigenvalue weighted by atomic mass is 10.0. The predicted molar refractivity (Wildman–Crippen MR) is 108 cm³/mol. The number of aromatic nitrogens is 2. The van der Waals surface area contributed by atoms with Gasteiger partial charge < -0.3 is 4.98 Å². The van der Waals surface area contributed by atoms with Gasteiger partial charge in [-0.05, 0) is 18.4 Å². The van der Waals surface area contributed by atoms with Crippen molar-refractivity contribution in [2.75, 3.05) is 0 Å². The van der Waals surface area contributed by atoms with Gasteiger partial charge in [0.1, 0.15) is 0 Å². The minimum absolute atomic E-state index is 0.0127. The number of rotatable bonds is 3. The molecule has 0 fully saturated rings. The molecule has 0 saturated heterocycles. The molecule has 1 heterocycles. The van der Waals surface area contributed by atoms with E-state index in [1.54, 1.807) is 36.8 Å². The molecule has 1 N–H and O–H groups in total. The van der Waals surface area contributed by atoms with Gasteiger partial charge in [-0.2, -0.15) is 0 Å². The monoisotopic (exact) mass is 404 g/mol. The van der Waals surface area contributed by atoms with E-state index in [0.29, 0.717) is 30.4 Å². The van der Waals surface area contributed by atoms with Gasteiger partial charge in [0, 0.05) is 40.8 Å². The van der Waals surface area contributed by atoms with Crippen LogP contribution in [0.15, 0.2) is 55.0 Å². The van der Waals surface area contributed by atoms with Gasteiger partial charge in [-0.15, -0.1) is 0 Å². The molecule has 30 heavy (non-hydrogen) atoms. The molecule has 0 radical (unpaired) electrons. The molecular weight excluding hydrogens is 388 g/mol. The zero-order valence-corrected chi connectivity index (χ0v) is 15.7. The summed E-state index contributed by atoms with van der Waals surface area (Å²) in [5, 5.41) is 21.5. The highest BCUT2D eigenvalue weighted by Gasteiger charge is 2.26. The molecule has 0 saturated carbocycles. The Morgan fingerprint density at radius 1 is 0.900 bits per heavy atom. The van der Waals surface area contributed by atoms with Crippen molar-refractivity contribution < 1.29 is 14.6 Å². The zero-order valence-electron chi connectivity index (χ0n) is 15.7. The van der Waals surface area contributed by atoms with Crippen molar-refractivity contribution in [1.82, 2.24) is 9.97 Å². The third-order valence-electron chi connectivity index (χ3n) is 5.19. The van der Waals surface area contributed by atoms with E-state index >= 15 is 0 Å². The second kappa shape index (κ2) is 7.70. The third kappa shape index (κ3) is 3.37. The number of H-pyrrole nitrogens is 1. The van der Waals surface area contributed by atoms with Gasteiger partial charge >= 0.3 is 0 Å². The molecule has 9 nitrogen and oxygen atoms in total. The number of hydrogen-bond acceptors (Lipinski definition) is 6. The average molecular weight is 404 g/mol. The maximum atomic E-state index is 11.2. The van der Waals surface area contributed by atoms with E-state index in [2.05, 4.69) is 9.97 Å². The summed E-state index contributed by atoms with van der Waals surface area (Å²) in [6.45, 7) is 0. The number of nitro groups is 2. The first-order valence-corrected chi connectivity index (χ1v) is 9.22. The predicted octanol–water partition coefficient (Wildman–Crippen LogP) is 4.03. The molecule has 1 aromatic heterocycles. The maximum Gasteiger partial charge on any atom is 0.273 e. The van der Waals surface area contributed by atoms with Gasteiger partial charge in [0.2, 0.25) is 0 Å². The first-order chi connectivity index (χ1) is 14.5. The van der Waals surface area contributed by atoms with Crippen molar-refractivity contribution in [3.63, 3.8) is 0 Å². The van der Waals surface area contributed by atoms with Crippen LogP contribution in [-0.4, -0.2) is 25.6 Å². The van der Waals surface area contributed by atoms with Gasteiger partial charge in [0.05, 0.1) is 28.1 Å². The first kappa shape index (κ1) is 19.2. The molecule has 0 bridgehead atoms. The minimum atomic E-state index is -0.433. The molecule has 2 aromatic carbocycles. The van der Waals surface area contributed by atoms with Gasteiger partial charge in [-0.3, -0.25) is 25.0 Å². The summed E-state index contributed by atoms with van der Waals surface area (Å²) in [7, 11) is 0. The highest BCUT2D eigenvalue weighted by Crippen LogP contribution is 2.36. The Morgan fingerprint density at radius 2 is 1.57 bits per heavy atom. The van der Waals surface area contributed by atoms with E-state index < -0.39 is 4.92 Å². The molecule has 3 aromatic rings. The molecule has 2 aliphatic rings. The van der Waals surface area contributed by atoms with Gasteiger partial charge in [-0.1, -0.05) is 30.3 Å². The third-order valence-corrected chi connectivity index (χ3v) is 5.19. The maximum absolute atomic E-state index is 11.2. The average Bonchev–Trinajstić information content (AvgIpc) is 3.47. The Morgan fingerprint density at radius 3 is 2.20 bits per heavy atom. The quantitative estimate of drug-likeness (QED) is 0.518. The lowest BCUT2D eigenvalue weighted by molar-refractivity contribution is -0.385. The van der Waals surface area contributed by atoms with Crippen LogP contribution < -0.4 is 0 Å². The van der Waals surface area contributed by atoms with Crippen LogP contribution in [0.4, 0.5) is 11.4 Å². The van der Waals surface area contributed by atoms with E-state index in [4.69, 9.17) is 0 Å². The van der Waals surface area contributed by atoms with Crippen LogP contribution >= 0.6 is 0 Å². The second-order valence-corrected chi connectivity index (χ2v) is 6.83. The van der Waals surface area contributed by atoms with Crippen molar-refractivity contribution in [3.8, 4) is 0 Å². The number of carbonyl (C=O) groups is 1. The number of fused-ring (bicyclic) bond motifs is 2. The van der Waals surface area contributed by atoms with Crippen LogP contribution in [0.1, 0.15) is 39.2 Å². The largest absolute Gasteiger partial charge is 0.345 e. The summed E-state index contributed by atoms with van der Waals surface area (Å²) in [6.07, 6.45) is 6.82. The summed E-state index contributed by atoms with van der Waals surface area (Å²) in [5.74, 6) is 0.0127. The fourth-order valence-electron chi connectivity index (χ4n) is 3.83. The molecule has 0 amide bonds. The minimum Gasteiger partial charge on any atom is -0.345 e. The van der Waals surface area contributed by atoms with E-state index in [9.17, 15) is 25.0 Å². The number of imidazole rings is 1. The molecule has 2 aliphatic carbocycles. The number of nitrogens with one attached hydrogen (secondary N) is 1. The number of carbonyl (C=O) groups excluding carboxylic acids is 1. The lowest BCUT2D eigenvalue weighted by Gasteiger charge is -2.03. The topological polar surface area (TPSA) is 132 Å². The standard InChI is InChI=1S/C12H9N3O2.C9H7NO3/c16-15(17)12-3-1-2-8-9(4-5-10(8)12)11-6-13-7-14-11;11-9-5-4-6-7(9)2-1-3-8(6)10(12)13/h1-4,6-7H,5H2,(H,13,14);1-3H,4-5H2. The zero-order chi connectivity index (χ0) is 21.3. The summed E-state index contributed by atoms with van der Waals surface area (Å²) < 4.78 is 0. The molecule has 9 heteroatoms. The Bertz CT molecular complexity index is 1200. The molecule has 0 spiro atoms. The van der Waals surface area contributed by atoms with Gasteiger partial charge in [0.15, 0.2) is 5.78 Å². The van der Waals surface area contributed by atoms with Crippen molar-refractivity contribution in [1.29, 1.82) is 0 Å². The molecular formula is C21H16N4O5. The highest BCUT2D eigenvalue weighted by atomic mass is 16.6. The van der Waals surface area contributed by atoms with Crippen LogP contribution in [0.25, 0.3) is 5.57 Å². The number of aromatic amines is 1. The smallest absolute Gasteiger partial charge is 0.273 e. The van der Waals surface area contributed by atoms with E-state index in [1.807, 2.05) is 12.1 Å². The normalized spacial score (nSPS) is 13.7. The van der Waals surface area contributed by atoms with Crippen molar-refractivity contribution in [2.45, 2.75) is 19.3 Å². The number of hydrogen-bond donors (Lipinski definition) is 1. The first-order valence-electron chi connectivity index (χ1n) is 9.22. The van der Waals surface area contributed by atoms with Crippen LogP contribution in [0, 0.1) is 20.2 Å². The second-order valence-electron chi connectivity index (χ2n) is 6.83. The molecule has 0 atom stereocenters. The highest BCUT2D eigenvalue weighted by molar-refractivity contribution is 6.01.